The van der Waals surface area contributed by atoms with Gasteiger partial charge in [-0.25, -0.2) is 0 Å². The molecule has 0 nitrogen and oxygen atoms in total. The van der Waals surface area contributed by atoms with Crippen molar-refractivity contribution in [3.8, 4) is 11.1 Å². The van der Waals surface area contributed by atoms with Gasteiger partial charge in [0.2, 0.25) is 0 Å². The average molecular weight is 1030 g/mol. The minimum absolute atomic E-state index is 0.501. The third kappa shape index (κ3) is 13.4. The summed E-state index contributed by atoms with van der Waals surface area (Å²) in [4.78, 5) is 0. The smallest absolute Gasteiger partial charge is 0.00564 e. The molecule has 0 saturated carbocycles. The lowest BCUT2D eigenvalue weighted by atomic mass is 10.1. The summed E-state index contributed by atoms with van der Waals surface area (Å²) >= 11 is 0. The zero-order valence-electron chi connectivity index (χ0n) is 39.1. The molecule has 8 unspecified atom stereocenters. The van der Waals surface area contributed by atoms with Crippen LogP contribution >= 0.6 is 59.7 Å². The van der Waals surface area contributed by atoms with Crippen molar-refractivity contribution in [3.05, 3.63) is 237 Å². The van der Waals surface area contributed by atoms with E-state index in [2.05, 4.69) is 237 Å². The molecule has 0 amide bonds. The van der Waals surface area contributed by atoms with Gasteiger partial charge in [-0.1, -0.05) is 296 Å². The normalized spacial score (nSPS) is 23.0. The Labute approximate surface area is 418 Å². The van der Waals surface area contributed by atoms with E-state index in [1.54, 1.807) is 37.1 Å². The van der Waals surface area contributed by atoms with Crippen LogP contribution < -0.4 is 37.1 Å². The van der Waals surface area contributed by atoms with Crippen LogP contribution in [0, 0.1) is 0 Å². The molecule has 1 aliphatic rings. The SMILES string of the molecule is c1ccc(-c2ccc(P3CCCCCCCCCCCCPP(c4ccccc4)P(c4ccccc4)P(c4ccccc4)P(c4ccccc4)P(c4ccccc4)P3c3ccccc3)cc2)cc1. The summed E-state index contributed by atoms with van der Waals surface area (Å²) < 4.78 is 0. The fourth-order valence-corrected chi connectivity index (χ4v) is 86.5. The van der Waals surface area contributed by atoms with E-state index in [0.717, 1.165) is 8.27 Å². The van der Waals surface area contributed by atoms with Crippen LogP contribution in [-0.2, 0) is 0 Å². The summed E-state index contributed by atoms with van der Waals surface area (Å²) in [5, 5.41) is 11.2. The Kier molecular flexibility index (Phi) is 20.0. The molecule has 9 rings (SSSR count). The van der Waals surface area contributed by atoms with Crippen molar-refractivity contribution in [3.63, 3.8) is 0 Å². The molecule has 0 bridgehead atoms. The molecule has 0 radical (unpaired) electrons. The van der Waals surface area contributed by atoms with Crippen molar-refractivity contribution in [1.29, 1.82) is 0 Å². The molecule has 0 N–H and O–H groups in total. The summed E-state index contributed by atoms with van der Waals surface area (Å²) in [5.41, 5.74) is 2.61. The van der Waals surface area contributed by atoms with E-state index < -0.39 is 51.4 Å². The van der Waals surface area contributed by atoms with Crippen molar-refractivity contribution in [1.82, 2.24) is 0 Å². The first kappa shape index (κ1) is 50.2. The Morgan fingerprint density at radius 2 is 0.544 bits per heavy atom. The third-order valence-corrected chi connectivity index (χ3v) is 65.9. The fourth-order valence-electron chi connectivity index (χ4n) is 8.98. The molecule has 1 heterocycles. The van der Waals surface area contributed by atoms with E-state index in [-0.39, 0.29) is 0 Å². The van der Waals surface area contributed by atoms with Gasteiger partial charge >= 0.3 is 0 Å². The van der Waals surface area contributed by atoms with Gasteiger partial charge in [-0.2, -0.15) is 0 Å². The molecule has 1 saturated heterocycles. The summed E-state index contributed by atoms with van der Waals surface area (Å²) in [6.07, 6.45) is 16.2. The van der Waals surface area contributed by atoms with Gasteiger partial charge in [-0.3, -0.25) is 0 Å². The van der Waals surface area contributed by atoms with Crippen LogP contribution in [0.1, 0.15) is 64.2 Å². The van der Waals surface area contributed by atoms with Crippen LogP contribution in [0.3, 0.4) is 0 Å². The molecular weight excluding hydrogens is 968 g/mol. The highest BCUT2D eigenvalue weighted by Gasteiger charge is 2.46. The lowest BCUT2D eigenvalue weighted by Crippen LogP contribution is -2.15. The largest absolute Gasteiger partial charge is 0.0862 e. The zero-order valence-corrected chi connectivity index (χ0v) is 46.4. The van der Waals surface area contributed by atoms with Crippen molar-refractivity contribution in [2.45, 2.75) is 64.2 Å². The lowest BCUT2D eigenvalue weighted by Gasteiger charge is -2.47. The molecule has 0 spiro atoms. The van der Waals surface area contributed by atoms with E-state index in [0.29, 0.717) is 0 Å². The molecule has 344 valence electrons. The van der Waals surface area contributed by atoms with Gasteiger partial charge in [0.25, 0.3) is 0 Å². The van der Waals surface area contributed by atoms with E-state index in [9.17, 15) is 0 Å². The quantitative estimate of drug-likeness (QED) is 0.133. The minimum Gasteiger partial charge on any atom is -0.0862 e. The maximum Gasteiger partial charge on any atom is -0.00564 e. The summed E-state index contributed by atoms with van der Waals surface area (Å²) in [5.74, 6) is 0. The van der Waals surface area contributed by atoms with Gasteiger partial charge in [0, 0.05) is 0 Å². The number of benzene rings is 8. The molecule has 68 heavy (non-hydrogen) atoms. The maximum absolute atomic E-state index is 2.57. The van der Waals surface area contributed by atoms with Crippen LogP contribution in [0.2, 0.25) is 0 Å². The fraction of sp³-hybridized carbons (Fsp3) is 0.200. The molecule has 0 aromatic heterocycles. The standard InChI is InChI=1S/C60H64P8/c1-2-4-6-8-31-51-62(54-48-46-53(47-49-54)52-32-16-9-17-33-52)64(56-36-20-11-21-37-56)66(58-40-24-13-25-41-58)68(60-44-28-15-29-45-60)67(59-42-26-14-27-43-59)65(57-38-22-12-23-39-57)63(55-34-18-10-19-35-55)61-50-30-7-5-3-1/h9-29,32-49,61H,1-8,30-31,50-51H2. The summed E-state index contributed by atoms with van der Waals surface area (Å²) in [6.45, 7) is 0. The van der Waals surface area contributed by atoms with Crippen LogP contribution in [0.25, 0.3) is 11.1 Å². The predicted octanol–water partition coefficient (Wildman–Crippen LogP) is 18.3. The van der Waals surface area contributed by atoms with E-state index in [4.69, 9.17) is 0 Å². The lowest BCUT2D eigenvalue weighted by molar-refractivity contribution is 0.563. The monoisotopic (exact) mass is 1030 g/mol. The molecule has 8 heteroatoms. The molecule has 8 aromatic carbocycles. The molecule has 8 aromatic rings. The molecule has 1 aliphatic heterocycles. The van der Waals surface area contributed by atoms with Crippen molar-refractivity contribution in [2.24, 2.45) is 0 Å². The highest BCUT2D eigenvalue weighted by Crippen LogP contribution is 3.09. The second-order valence-corrected chi connectivity index (χ2v) is 49.2. The van der Waals surface area contributed by atoms with E-state index >= 15 is 0 Å². The molecular formula is C60H64P8. The van der Waals surface area contributed by atoms with Gasteiger partial charge < -0.3 is 0 Å². The van der Waals surface area contributed by atoms with Crippen LogP contribution in [0.15, 0.2) is 237 Å². The van der Waals surface area contributed by atoms with Gasteiger partial charge in [-0.15, -0.1) is 0 Å². The van der Waals surface area contributed by atoms with Gasteiger partial charge in [0.05, 0.1) is 0 Å². The predicted molar refractivity (Wildman–Crippen MR) is 321 cm³/mol. The van der Waals surface area contributed by atoms with Crippen molar-refractivity contribution in [2.75, 3.05) is 12.3 Å². The Morgan fingerprint density at radius 1 is 0.235 bits per heavy atom. The van der Waals surface area contributed by atoms with E-state index in [1.807, 2.05) is 0 Å². The zero-order chi connectivity index (χ0) is 46.0. The highest BCUT2D eigenvalue weighted by molar-refractivity contribution is 9.02. The second-order valence-electron chi connectivity index (χ2n) is 17.3. The van der Waals surface area contributed by atoms with Gasteiger partial charge in [0.1, 0.15) is 0 Å². The third-order valence-electron chi connectivity index (χ3n) is 12.4. The maximum atomic E-state index is 2.57. The number of rotatable bonds is 8. The molecule has 0 aliphatic carbocycles. The van der Waals surface area contributed by atoms with Gasteiger partial charge in [0.15, 0.2) is 0 Å². The minimum atomic E-state index is -0.762. The van der Waals surface area contributed by atoms with Crippen LogP contribution in [0.4, 0.5) is 0 Å². The van der Waals surface area contributed by atoms with E-state index in [1.165, 1.54) is 87.7 Å². The summed E-state index contributed by atoms with van der Waals surface area (Å²) in [7, 11) is -3.72. The average Bonchev–Trinajstić information content (AvgIpc) is 3.42. The number of hydrogen-bond acceptors (Lipinski definition) is 0. The number of hydrogen-bond donors (Lipinski definition) is 0. The first-order chi connectivity index (χ1) is 33.8. The van der Waals surface area contributed by atoms with Gasteiger partial charge in [-0.05, 0) is 125 Å². The highest BCUT2D eigenvalue weighted by atomic mass is 32.9. The second kappa shape index (κ2) is 27.1. The van der Waals surface area contributed by atoms with Crippen LogP contribution in [0.5, 0.6) is 0 Å². The summed E-state index contributed by atoms with van der Waals surface area (Å²) in [6, 6.07) is 93.6. The molecule has 8 atom stereocenters. The van der Waals surface area contributed by atoms with Crippen LogP contribution in [-0.4, -0.2) is 12.3 Å². The Bertz CT molecular complexity index is 2620. The first-order valence-electron chi connectivity index (χ1n) is 24.6. The molecule has 1 fully saturated rings. The topological polar surface area (TPSA) is 0 Å². The van der Waals surface area contributed by atoms with Crippen molar-refractivity contribution < 1.29 is 0 Å². The Hall–Kier alpha value is -2.80. The van der Waals surface area contributed by atoms with Crippen molar-refractivity contribution >= 4 is 96.8 Å². The Morgan fingerprint density at radius 3 is 0.985 bits per heavy atom. The Balaban J connectivity index is 1.33. The first-order valence-corrected chi connectivity index (χ1v) is 40.5.